The van der Waals surface area contributed by atoms with Crippen molar-refractivity contribution in [2.45, 2.75) is 37.1 Å². The molecule has 0 atom stereocenters. The van der Waals surface area contributed by atoms with Crippen LogP contribution in [0.5, 0.6) is 0 Å². The predicted octanol–water partition coefficient (Wildman–Crippen LogP) is 1.03. The first kappa shape index (κ1) is 20.8. The quantitative estimate of drug-likeness (QED) is 0.724. The van der Waals surface area contributed by atoms with Gasteiger partial charge in [0.2, 0.25) is 15.9 Å². The van der Waals surface area contributed by atoms with Gasteiger partial charge in [-0.15, -0.1) is 0 Å². The largest absolute Gasteiger partial charge is 0.352 e. The van der Waals surface area contributed by atoms with Crippen LogP contribution < -0.4 is 10.2 Å². The summed E-state index contributed by atoms with van der Waals surface area (Å²) in [5.74, 6) is -0.240. The lowest BCUT2D eigenvalue weighted by Gasteiger charge is -2.30. The van der Waals surface area contributed by atoms with Crippen molar-refractivity contribution in [2.24, 2.45) is 0 Å². The van der Waals surface area contributed by atoms with E-state index in [0.29, 0.717) is 0 Å². The van der Waals surface area contributed by atoms with Crippen LogP contribution in [0.3, 0.4) is 0 Å². The van der Waals surface area contributed by atoms with E-state index in [4.69, 9.17) is 0 Å². The number of amides is 1. The molecule has 1 saturated heterocycles. The van der Waals surface area contributed by atoms with Crippen LogP contribution in [0.2, 0.25) is 0 Å². The van der Waals surface area contributed by atoms with Crippen molar-refractivity contribution in [3.05, 3.63) is 42.5 Å². The number of likely N-dealkylation sites (N-methyl/N-ethyl adjacent to an activating group) is 1. The van der Waals surface area contributed by atoms with Crippen LogP contribution in [-0.4, -0.2) is 57.9 Å². The van der Waals surface area contributed by atoms with Gasteiger partial charge in [-0.3, -0.25) is 4.79 Å². The van der Waals surface area contributed by atoms with Gasteiger partial charge >= 0.3 is 0 Å². The van der Waals surface area contributed by atoms with E-state index >= 15 is 0 Å². The van der Waals surface area contributed by atoms with E-state index in [-0.39, 0.29) is 23.4 Å². The fourth-order valence-electron chi connectivity index (χ4n) is 3.84. The number of rotatable bonds is 7. The van der Waals surface area contributed by atoms with Gasteiger partial charge in [-0.2, -0.15) is 4.31 Å². The maximum absolute atomic E-state index is 12.9. The van der Waals surface area contributed by atoms with E-state index in [2.05, 4.69) is 12.2 Å². The molecule has 0 saturated carbocycles. The summed E-state index contributed by atoms with van der Waals surface area (Å²) >= 11 is 0. The number of likely N-dealkylation sites (tertiary alicyclic amines) is 1. The zero-order valence-electron chi connectivity index (χ0n) is 16.6. The van der Waals surface area contributed by atoms with Crippen LogP contribution in [0.4, 0.5) is 0 Å². The number of carbonyl (C=O) groups excluding carboxylic acids is 1. The number of hydrogen-bond donors (Lipinski definition) is 2. The van der Waals surface area contributed by atoms with Crippen LogP contribution >= 0.6 is 0 Å². The van der Waals surface area contributed by atoms with Crippen LogP contribution in [0, 0.1) is 0 Å². The fourth-order valence-corrected chi connectivity index (χ4v) is 5.01. The number of quaternary nitrogens is 1. The van der Waals surface area contributed by atoms with E-state index in [1.807, 2.05) is 24.3 Å². The number of fused-ring (bicyclic) bond motifs is 1. The summed E-state index contributed by atoms with van der Waals surface area (Å²) in [5.41, 5.74) is 0. The van der Waals surface area contributed by atoms with Crippen molar-refractivity contribution in [3.8, 4) is 0 Å². The normalized spacial score (nSPS) is 20.4. The molecule has 0 radical (unpaired) electrons. The first-order valence-electron chi connectivity index (χ1n) is 9.98. The van der Waals surface area contributed by atoms with Gasteiger partial charge in [0.1, 0.15) is 0 Å². The first-order valence-corrected chi connectivity index (χ1v) is 11.4. The minimum absolute atomic E-state index is 0.143. The van der Waals surface area contributed by atoms with Crippen molar-refractivity contribution in [3.63, 3.8) is 0 Å². The average molecular weight is 405 g/mol. The van der Waals surface area contributed by atoms with E-state index in [1.54, 1.807) is 23.1 Å². The summed E-state index contributed by atoms with van der Waals surface area (Å²) in [6.45, 7) is 5.31. The molecule has 2 aromatic rings. The number of hydrogen-bond acceptors (Lipinski definition) is 3. The molecule has 0 spiro atoms. The Hall–Kier alpha value is -1.96. The second-order valence-electron chi connectivity index (χ2n) is 7.61. The summed E-state index contributed by atoms with van der Waals surface area (Å²) in [4.78, 5) is 14.2. The third-order valence-corrected chi connectivity index (χ3v) is 7.26. The molecule has 1 heterocycles. The van der Waals surface area contributed by atoms with Crippen molar-refractivity contribution in [1.29, 1.82) is 0 Å². The number of carbonyl (C=O) groups is 1. The minimum atomic E-state index is -3.71. The Morgan fingerprint density at radius 2 is 1.82 bits per heavy atom. The molecular formula is C21H30N3O3S+. The lowest BCUT2D eigenvalue weighted by molar-refractivity contribution is -0.905. The van der Waals surface area contributed by atoms with Gasteiger partial charge < -0.3 is 10.2 Å². The highest BCUT2D eigenvalue weighted by Gasteiger charge is 2.26. The zero-order chi connectivity index (χ0) is 20.1. The summed E-state index contributed by atoms with van der Waals surface area (Å²) < 4.78 is 26.9. The van der Waals surface area contributed by atoms with Gasteiger partial charge in [0.15, 0.2) is 0 Å². The third-order valence-electron chi connectivity index (χ3n) is 5.46. The molecule has 0 aromatic heterocycles. The minimum Gasteiger partial charge on any atom is -0.352 e. The van der Waals surface area contributed by atoms with Crippen LogP contribution in [0.25, 0.3) is 10.8 Å². The SMILES string of the molecule is CCC[NH+]1CCC(NC(=O)CN(C)S(=O)(=O)c2ccc3ccccc3c2)CC1. The highest BCUT2D eigenvalue weighted by Crippen LogP contribution is 2.21. The molecule has 28 heavy (non-hydrogen) atoms. The summed E-state index contributed by atoms with van der Waals surface area (Å²) in [7, 11) is -2.26. The molecule has 6 nitrogen and oxygen atoms in total. The Morgan fingerprint density at radius 3 is 2.50 bits per heavy atom. The Kier molecular flexibility index (Phi) is 6.69. The third kappa shape index (κ3) is 4.90. The predicted molar refractivity (Wildman–Crippen MR) is 111 cm³/mol. The Labute approximate surface area is 167 Å². The van der Waals surface area contributed by atoms with Gasteiger partial charge in [0.25, 0.3) is 0 Å². The molecule has 0 bridgehead atoms. The van der Waals surface area contributed by atoms with Crippen molar-refractivity contribution < 1.29 is 18.1 Å². The standard InChI is InChI=1S/C21H29N3O3S/c1-3-12-24-13-10-19(11-14-24)22-21(25)16-23(2)28(26,27)20-9-8-17-6-4-5-7-18(17)15-20/h4-9,15,19H,3,10-14,16H2,1-2H3,(H,22,25)/p+1. The Morgan fingerprint density at radius 1 is 1.14 bits per heavy atom. The van der Waals surface area contributed by atoms with Gasteiger partial charge in [0.05, 0.1) is 31.1 Å². The van der Waals surface area contributed by atoms with E-state index in [1.165, 1.54) is 20.0 Å². The number of nitrogens with one attached hydrogen (secondary N) is 2. The average Bonchev–Trinajstić information content (AvgIpc) is 2.69. The van der Waals surface area contributed by atoms with Crippen LogP contribution in [0.15, 0.2) is 47.4 Å². The first-order chi connectivity index (χ1) is 13.4. The van der Waals surface area contributed by atoms with E-state index in [0.717, 1.165) is 41.0 Å². The van der Waals surface area contributed by atoms with Crippen molar-refractivity contribution in [2.75, 3.05) is 33.2 Å². The second-order valence-corrected chi connectivity index (χ2v) is 9.66. The van der Waals surface area contributed by atoms with Crippen LogP contribution in [-0.2, 0) is 14.8 Å². The Bertz CT molecular complexity index is 921. The van der Waals surface area contributed by atoms with Gasteiger partial charge in [-0.05, 0) is 29.3 Å². The number of benzene rings is 2. The Balaban J connectivity index is 1.59. The molecule has 1 amide bonds. The van der Waals surface area contributed by atoms with E-state index < -0.39 is 10.0 Å². The van der Waals surface area contributed by atoms with E-state index in [9.17, 15) is 13.2 Å². The number of piperidine rings is 1. The molecule has 0 unspecified atom stereocenters. The molecule has 1 aliphatic heterocycles. The van der Waals surface area contributed by atoms with Gasteiger partial charge in [-0.1, -0.05) is 37.3 Å². The maximum Gasteiger partial charge on any atom is 0.243 e. The molecule has 2 N–H and O–H groups in total. The lowest BCUT2D eigenvalue weighted by atomic mass is 10.0. The molecule has 7 heteroatoms. The van der Waals surface area contributed by atoms with Crippen LogP contribution in [0.1, 0.15) is 26.2 Å². The molecule has 2 aromatic carbocycles. The topological polar surface area (TPSA) is 70.9 Å². The molecule has 1 aliphatic rings. The highest BCUT2D eigenvalue weighted by molar-refractivity contribution is 7.89. The summed E-state index contributed by atoms with van der Waals surface area (Å²) in [6.07, 6.45) is 3.06. The van der Waals surface area contributed by atoms with Crippen molar-refractivity contribution in [1.82, 2.24) is 9.62 Å². The summed E-state index contributed by atoms with van der Waals surface area (Å²) in [6, 6.07) is 12.8. The highest BCUT2D eigenvalue weighted by atomic mass is 32.2. The van der Waals surface area contributed by atoms with Gasteiger partial charge in [-0.25, -0.2) is 8.42 Å². The van der Waals surface area contributed by atoms with Crippen molar-refractivity contribution >= 4 is 26.7 Å². The maximum atomic E-state index is 12.9. The smallest absolute Gasteiger partial charge is 0.243 e. The lowest BCUT2D eigenvalue weighted by Crippen LogP contribution is -3.13. The zero-order valence-corrected chi connectivity index (χ0v) is 17.5. The summed E-state index contributed by atoms with van der Waals surface area (Å²) in [5, 5.41) is 4.86. The molecule has 152 valence electrons. The monoisotopic (exact) mass is 404 g/mol. The van der Waals surface area contributed by atoms with Gasteiger partial charge in [0, 0.05) is 25.9 Å². The fraction of sp³-hybridized carbons (Fsp3) is 0.476. The molecule has 0 aliphatic carbocycles. The molecule has 3 rings (SSSR count). The number of sulfonamides is 1. The molecule has 1 fully saturated rings. The number of nitrogens with zero attached hydrogens (tertiary/aromatic N) is 1. The molecular weight excluding hydrogens is 374 g/mol. The second kappa shape index (κ2) is 9.03.